The molecule has 0 spiro atoms. The molecule has 1 rings (SSSR count). The highest BCUT2D eigenvalue weighted by molar-refractivity contribution is 7.98. The number of hydrogen-bond donors (Lipinski definition) is 0. The third kappa shape index (κ3) is 1.86. The summed E-state index contributed by atoms with van der Waals surface area (Å²) in [5.74, 6) is -1.37. The third-order valence-corrected chi connectivity index (χ3v) is 1.97. The molecule has 4 nitrogen and oxygen atoms in total. The van der Waals surface area contributed by atoms with Crippen LogP contribution in [-0.4, -0.2) is 22.2 Å². The zero-order chi connectivity index (χ0) is 9.14. The van der Waals surface area contributed by atoms with E-state index in [1.165, 1.54) is 11.8 Å². The number of carbonyl (C=O) groups is 1. The monoisotopic (exact) mass is 203 g/mol. The van der Waals surface area contributed by atoms with E-state index in [-0.39, 0.29) is 10.7 Å². The van der Waals surface area contributed by atoms with E-state index in [2.05, 4.69) is 9.97 Å². The highest BCUT2D eigenvalue weighted by Crippen LogP contribution is 2.15. The number of hydrogen-bond acceptors (Lipinski definition) is 5. The fraction of sp³-hybridized carbons (Fsp3) is 0.167. The molecule has 1 heterocycles. The lowest BCUT2D eigenvalue weighted by molar-refractivity contribution is -0.255. The Hall–Kier alpha value is -0.810. The summed E-state index contributed by atoms with van der Waals surface area (Å²) in [6.07, 6.45) is 2.90. The van der Waals surface area contributed by atoms with Gasteiger partial charge in [-0.3, -0.25) is 0 Å². The van der Waals surface area contributed by atoms with Gasteiger partial charge in [-0.2, -0.15) is 0 Å². The number of aromatic nitrogens is 2. The molecule has 0 N–H and O–H groups in total. The first-order chi connectivity index (χ1) is 5.65. The molecule has 0 radical (unpaired) electrons. The van der Waals surface area contributed by atoms with Gasteiger partial charge in [0.25, 0.3) is 0 Å². The molecule has 6 heteroatoms. The van der Waals surface area contributed by atoms with Gasteiger partial charge in [0.15, 0.2) is 5.16 Å². The predicted molar refractivity (Wildman–Crippen MR) is 43.2 cm³/mol. The topological polar surface area (TPSA) is 65.9 Å². The maximum Gasteiger partial charge on any atom is 0.188 e. The van der Waals surface area contributed by atoms with Crippen molar-refractivity contribution in [3.05, 3.63) is 16.9 Å². The number of aromatic carboxylic acids is 1. The zero-order valence-corrected chi connectivity index (χ0v) is 7.65. The number of carboxylic acids is 1. The summed E-state index contributed by atoms with van der Waals surface area (Å²) in [5, 5.41) is 10.7. The van der Waals surface area contributed by atoms with Crippen molar-refractivity contribution in [2.24, 2.45) is 0 Å². The van der Waals surface area contributed by atoms with Crippen molar-refractivity contribution >= 4 is 29.3 Å². The third-order valence-electron chi connectivity index (χ3n) is 1.12. The number of rotatable bonds is 2. The SMILES string of the molecule is CSc1ncc(C(=O)[O-])c(Cl)n1. The summed E-state index contributed by atoms with van der Waals surface area (Å²) in [7, 11) is 0. The van der Waals surface area contributed by atoms with E-state index in [1.54, 1.807) is 6.26 Å². The second-order valence-electron chi connectivity index (χ2n) is 1.85. The summed E-state index contributed by atoms with van der Waals surface area (Å²) >= 11 is 6.80. The number of carboxylic acid groups (broad SMARTS) is 1. The molecule has 64 valence electrons. The molecule has 1 aromatic rings. The molecule has 0 aliphatic rings. The van der Waals surface area contributed by atoms with Crippen LogP contribution in [0.3, 0.4) is 0 Å². The minimum atomic E-state index is -1.37. The molecule has 0 amide bonds. The average molecular weight is 204 g/mol. The molecule has 0 saturated carbocycles. The lowest BCUT2D eigenvalue weighted by Gasteiger charge is -2.03. The van der Waals surface area contributed by atoms with E-state index in [1.807, 2.05) is 0 Å². The Bertz CT molecular complexity index is 318. The van der Waals surface area contributed by atoms with Crippen molar-refractivity contribution in [2.75, 3.05) is 6.26 Å². The van der Waals surface area contributed by atoms with Crippen LogP contribution in [0.1, 0.15) is 10.4 Å². The Morgan fingerprint density at radius 3 is 2.83 bits per heavy atom. The van der Waals surface area contributed by atoms with Gasteiger partial charge in [-0.05, 0) is 6.26 Å². The van der Waals surface area contributed by atoms with Crippen LogP contribution >= 0.6 is 23.4 Å². The van der Waals surface area contributed by atoms with Crippen LogP contribution in [-0.2, 0) is 0 Å². The summed E-state index contributed by atoms with van der Waals surface area (Å²) in [4.78, 5) is 17.8. The summed E-state index contributed by atoms with van der Waals surface area (Å²) in [5.41, 5.74) is -0.186. The summed E-state index contributed by atoms with van der Waals surface area (Å²) in [6, 6.07) is 0. The first-order valence-corrected chi connectivity index (χ1v) is 4.53. The molecule has 0 bridgehead atoms. The van der Waals surface area contributed by atoms with Crippen molar-refractivity contribution in [3.8, 4) is 0 Å². The number of nitrogens with zero attached hydrogens (tertiary/aromatic N) is 2. The summed E-state index contributed by atoms with van der Waals surface area (Å²) < 4.78 is 0. The fourth-order valence-corrected chi connectivity index (χ4v) is 1.18. The number of carbonyl (C=O) groups excluding carboxylic acids is 1. The summed E-state index contributed by atoms with van der Waals surface area (Å²) in [6.45, 7) is 0. The molecular formula is C6H4ClN2O2S-. The van der Waals surface area contributed by atoms with E-state index in [0.717, 1.165) is 6.20 Å². The van der Waals surface area contributed by atoms with E-state index in [9.17, 15) is 9.90 Å². The Morgan fingerprint density at radius 2 is 2.42 bits per heavy atom. The standard InChI is InChI=1S/C6H5ClN2O2S/c1-12-6-8-2-3(5(10)11)4(7)9-6/h2H,1H3,(H,10,11)/p-1. The quantitative estimate of drug-likeness (QED) is 0.391. The normalized spacial score (nSPS) is 9.83. The Morgan fingerprint density at radius 1 is 1.75 bits per heavy atom. The van der Waals surface area contributed by atoms with E-state index >= 15 is 0 Å². The molecule has 0 fully saturated rings. The lowest BCUT2D eigenvalue weighted by Crippen LogP contribution is -2.23. The van der Waals surface area contributed by atoms with Gasteiger partial charge in [0.05, 0.1) is 11.5 Å². The maximum absolute atomic E-state index is 10.3. The van der Waals surface area contributed by atoms with Gasteiger partial charge in [-0.1, -0.05) is 23.4 Å². The van der Waals surface area contributed by atoms with Gasteiger partial charge >= 0.3 is 0 Å². The second-order valence-corrected chi connectivity index (χ2v) is 2.98. The van der Waals surface area contributed by atoms with Crippen molar-refractivity contribution in [2.45, 2.75) is 5.16 Å². The minimum absolute atomic E-state index is 0.0886. The fourth-order valence-electron chi connectivity index (χ4n) is 0.581. The molecule has 0 aromatic carbocycles. The van der Waals surface area contributed by atoms with Crippen molar-refractivity contribution < 1.29 is 9.90 Å². The Labute approximate surface area is 78.0 Å². The number of halogens is 1. The van der Waals surface area contributed by atoms with Gasteiger partial charge in [-0.25, -0.2) is 9.97 Å². The van der Waals surface area contributed by atoms with Crippen LogP contribution in [0.4, 0.5) is 0 Å². The largest absolute Gasteiger partial charge is 0.545 e. The van der Waals surface area contributed by atoms with Gasteiger partial charge in [0, 0.05) is 6.20 Å². The highest BCUT2D eigenvalue weighted by Gasteiger charge is 2.04. The molecule has 0 atom stereocenters. The van der Waals surface area contributed by atoms with Crippen molar-refractivity contribution in [1.29, 1.82) is 0 Å². The van der Waals surface area contributed by atoms with E-state index in [0.29, 0.717) is 5.16 Å². The molecule has 0 aliphatic heterocycles. The van der Waals surface area contributed by atoms with Crippen LogP contribution in [0.15, 0.2) is 11.4 Å². The van der Waals surface area contributed by atoms with Crippen LogP contribution in [0.2, 0.25) is 5.15 Å². The van der Waals surface area contributed by atoms with Crippen molar-refractivity contribution in [3.63, 3.8) is 0 Å². The molecule has 0 aliphatic carbocycles. The zero-order valence-electron chi connectivity index (χ0n) is 6.07. The van der Waals surface area contributed by atoms with Gasteiger partial charge in [-0.15, -0.1) is 0 Å². The number of thioether (sulfide) groups is 1. The smallest absolute Gasteiger partial charge is 0.188 e. The first kappa shape index (κ1) is 9.28. The van der Waals surface area contributed by atoms with Crippen LogP contribution in [0, 0.1) is 0 Å². The Kier molecular flexibility index (Phi) is 2.88. The molecule has 0 unspecified atom stereocenters. The van der Waals surface area contributed by atoms with Gasteiger partial charge < -0.3 is 9.90 Å². The van der Waals surface area contributed by atoms with Crippen LogP contribution in [0.25, 0.3) is 0 Å². The molecule has 12 heavy (non-hydrogen) atoms. The second kappa shape index (κ2) is 3.73. The average Bonchev–Trinajstić information content (AvgIpc) is 2.03. The first-order valence-electron chi connectivity index (χ1n) is 2.93. The van der Waals surface area contributed by atoms with Crippen LogP contribution in [0.5, 0.6) is 0 Å². The van der Waals surface area contributed by atoms with Gasteiger partial charge in [0.2, 0.25) is 0 Å². The molecule has 0 saturated heterocycles. The van der Waals surface area contributed by atoms with Crippen molar-refractivity contribution in [1.82, 2.24) is 9.97 Å². The highest BCUT2D eigenvalue weighted by atomic mass is 35.5. The lowest BCUT2D eigenvalue weighted by atomic mass is 10.3. The van der Waals surface area contributed by atoms with Gasteiger partial charge in [0.1, 0.15) is 5.15 Å². The molecular weight excluding hydrogens is 200 g/mol. The van der Waals surface area contributed by atoms with Crippen LogP contribution < -0.4 is 5.11 Å². The van der Waals surface area contributed by atoms with E-state index < -0.39 is 5.97 Å². The maximum atomic E-state index is 10.3. The predicted octanol–water partition coefficient (Wildman–Crippen LogP) is 0.215. The van der Waals surface area contributed by atoms with E-state index in [4.69, 9.17) is 11.6 Å². The molecule has 1 aromatic heterocycles. The minimum Gasteiger partial charge on any atom is -0.545 e. The Balaban J connectivity index is 3.12.